The predicted octanol–water partition coefficient (Wildman–Crippen LogP) is 8.54. The molecule has 2 amide bonds. The molecule has 0 aliphatic heterocycles. The van der Waals surface area contributed by atoms with E-state index in [1.54, 1.807) is 18.3 Å². The number of nitrogen functional groups attached to an aromatic ring is 1. The Morgan fingerprint density at radius 2 is 1.76 bits per heavy atom. The molecule has 0 unspecified atom stereocenters. The molecular formula is C30H32ClF3N8O2SSi. The van der Waals surface area contributed by atoms with Crippen LogP contribution in [0.2, 0.25) is 23.2 Å². The van der Waals surface area contributed by atoms with E-state index in [2.05, 4.69) is 64.9 Å². The Morgan fingerprint density at radius 1 is 1.07 bits per heavy atom. The molecule has 0 bridgehead atoms. The second-order valence-electron chi connectivity index (χ2n) is 12.1. The molecule has 4 N–H and O–H groups in total. The number of carbonyl (C=O) groups is 1. The van der Waals surface area contributed by atoms with Gasteiger partial charge in [-0.2, -0.15) is 18.0 Å². The van der Waals surface area contributed by atoms with E-state index >= 15 is 0 Å². The van der Waals surface area contributed by atoms with Crippen molar-refractivity contribution in [2.75, 3.05) is 23.0 Å². The van der Waals surface area contributed by atoms with Crippen molar-refractivity contribution in [2.45, 2.75) is 51.6 Å². The van der Waals surface area contributed by atoms with Crippen LogP contribution in [0.1, 0.15) is 26.3 Å². The van der Waals surface area contributed by atoms with Gasteiger partial charge < -0.3 is 20.8 Å². The summed E-state index contributed by atoms with van der Waals surface area (Å²) in [7, 11) is -1.89. The number of benzene rings is 2. The van der Waals surface area contributed by atoms with Crippen molar-refractivity contribution in [3.8, 4) is 21.8 Å². The van der Waals surface area contributed by atoms with Gasteiger partial charge in [0.1, 0.15) is 5.82 Å². The summed E-state index contributed by atoms with van der Waals surface area (Å²) < 4.78 is 46.7. The van der Waals surface area contributed by atoms with Crippen LogP contribution in [-0.2, 0) is 17.1 Å². The van der Waals surface area contributed by atoms with Crippen molar-refractivity contribution in [1.82, 2.24) is 25.2 Å². The van der Waals surface area contributed by atoms with Gasteiger partial charge in [-0.3, -0.25) is 0 Å². The number of carbonyl (C=O) groups excluding carboxylic acids is 1. The highest BCUT2D eigenvalue weighted by molar-refractivity contribution is 7.22. The number of hydrogen-bond acceptors (Lipinski definition) is 8. The first-order chi connectivity index (χ1) is 21.5. The van der Waals surface area contributed by atoms with E-state index in [4.69, 9.17) is 21.8 Å². The van der Waals surface area contributed by atoms with E-state index in [1.165, 1.54) is 22.2 Å². The Labute approximate surface area is 273 Å². The normalized spacial score (nSPS) is 12.5. The number of nitrogens with one attached hydrogen (secondary N) is 2. The van der Waals surface area contributed by atoms with Gasteiger partial charge in [-0.25, -0.2) is 9.78 Å². The van der Waals surface area contributed by atoms with Gasteiger partial charge in [0.25, 0.3) is 0 Å². The lowest BCUT2D eigenvalue weighted by Crippen LogP contribution is -2.41. The van der Waals surface area contributed by atoms with Gasteiger partial charge >= 0.3 is 12.2 Å². The first-order valence-corrected chi connectivity index (χ1v) is 18.3. The molecule has 0 atom stereocenters. The van der Waals surface area contributed by atoms with Crippen molar-refractivity contribution in [1.29, 1.82) is 0 Å². The van der Waals surface area contributed by atoms with Crippen LogP contribution < -0.4 is 16.4 Å². The maximum absolute atomic E-state index is 13.2. The number of anilines is 3. The van der Waals surface area contributed by atoms with Gasteiger partial charge in [0.2, 0.25) is 5.82 Å². The number of fused-ring (bicyclic) bond motifs is 1. The molecule has 2 aromatic carbocycles. The second kappa shape index (κ2) is 12.6. The molecule has 3 heterocycles. The highest BCUT2D eigenvalue weighted by Gasteiger charge is 2.37. The summed E-state index contributed by atoms with van der Waals surface area (Å²) >= 11 is 7.15. The number of thiophene rings is 1. The number of pyridine rings is 1. The third-order valence-electron chi connectivity index (χ3n) is 7.76. The molecule has 5 aromatic rings. The summed E-state index contributed by atoms with van der Waals surface area (Å²) in [6.07, 6.45) is -3.06. The number of halogens is 4. The van der Waals surface area contributed by atoms with Crippen LogP contribution >= 0.6 is 22.9 Å². The minimum absolute atomic E-state index is 0.0509. The lowest BCUT2D eigenvalue weighted by molar-refractivity contribution is -0.137. The molecule has 0 spiro atoms. The Hall–Kier alpha value is -4.05. The van der Waals surface area contributed by atoms with Crippen LogP contribution in [0.4, 0.5) is 35.2 Å². The summed E-state index contributed by atoms with van der Waals surface area (Å²) in [6, 6.07) is 11.5. The molecule has 46 heavy (non-hydrogen) atoms. The quantitative estimate of drug-likeness (QED) is 0.139. The molecule has 0 radical (unpaired) electrons. The largest absolute Gasteiger partial charge is 0.417 e. The zero-order valence-electron chi connectivity index (χ0n) is 25.7. The van der Waals surface area contributed by atoms with Gasteiger partial charge in [0, 0.05) is 38.3 Å². The van der Waals surface area contributed by atoms with E-state index in [0.717, 1.165) is 27.1 Å². The number of aromatic nitrogens is 5. The third kappa shape index (κ3) is 7.49. The van der Waals surface area contributed by atoms with Crippen molar-refractivity contribution in [3.05, 3.63) is 65.3 Å². The Kier molecular flexibility index (Phi) is 9.14. The number of urea groups is 1. The van der Waals surface area contributed by atoms with Crippen LogP contribution in [0, 0.1) is 0 Å². The van der Waals surface area contributed by atoms with E-state index in [-0.39, 0.29) is 10.7 Å². The summed E-state index contributed by atoms with van der Waals surface area (Å²) in [4.78, 5) is 19.3. The molecule has 0 saturated carbocycles. The first kappa shape index (κ1) is 33.3. The van der Waals surface area contributed by atoms with Crippen LogP contribution in [0.15, 0.2) is 54.7 Å². The zero-order valence-corrected chi connectivity index (χ0v) is 28.2. The van der Waals surface area contributed by atoms with Crippen LogP contribution in [0.5, 0.6) is 0 Å². The molecule has 10 nitrogen and oxygen atoms in total. The van der Waals surface area contributed by atoms with E-state index in [1.807, 2.05) is 18.2 Å². The van der Waals surface area contributed by atoms with Crippen LogP contribution in [0.3, 0.4) is 0 Å². The number of alkyl halides is 3. The highest BCUT2D eigenvalue weighted by Crippen LogP contribution is 2.39. The Balaban J connectivity index is 1.29. The van der Waals surface area contributed by atoms with Gasteiger partial charge in [0.05, 0.1) is 23.7 Å². The lowest BCUT2D eigenvalue weighted by Gasteiger charge is -2.36. The maximum atomic E-state index is 13.2. The summed E-state index contributed by atoms with van der Waals surface area (Å²) in [5, 5.41) is 18.4. The topological polar surface area (TPSA) is 133 Å². The molecule has 0 fully saturated rings. The number of nitrogens with two attached hydrogens (primary N) is 1. The predicted molar refractivity (Wildman–Crippen MR) is 179 cm³/mol. The molecule has 0 aliphatic carbocycles. The minimum atomic E-state index is -4.65. The SMILES string of the molecule is CC(C)(C)[Si](C)(C)OCCn1nnc(-c2cnc(N)c(-c3cc4cc(NC(=O)Nc5ccc(Cl)c(C(F)(F)F)c5)ccc4s3)c2)n1. The minimum Gasteiger partial charge on any atom is -0.415 e. The van der Waals surface area contributed by atoms with E-state index in [9.17, 15) is 18.0 Å². The third-order valence-corrected chi connectivity index (χ3v) is 13.8. The van der Waals surface area contributed by atoms with Gasteiger partial charge in [-0.15, -0.1) is 21.5 Å². The van der Waals surface area contributed by atoms with Crippen LogP contribution in [0.25, 0.3) is 31.9 Å². The molecule has 242 valence electrons. The fourth-order valence-electron chi connectivity index (χ4n) is 4.21. The molecule has 0 saturated heterocycles. The van der Waals surface area contributed by atoms with Crippen LogP contribution in [-0.4, -0.2) is 46.1 Å². The number of rotatable bonds is 8. The van der Waals surface area contributed by atoms with Crippen molar-refractivity contribution in [2.24, 2.45) is 0 Å². The van der Waals surface area contributed by atoms with Gasteiger partial charge in [-0.1, -0.05) is 32.4 Å². The maximum Gasteiger partial charge on any atom is 0.417 e. The standard InChI is InChI=1S/C30H32ClF3N8O2SSi/c1-29(2,3)46(4,5)44-11-10-42-40-27(39-41-42)18-13-21(26(35)36-16-18)25-14-17-12-19(7-9-24(17)45-25)37-28(43)38-20-6-8-23(31)22(15-20)30(32,33)34/h6-9,12-16H,10-11H2,1-5H3,(H2,35,36)(H2,37,38,43). The van der Waals surface area contributed by atoms with E-state index in [0.29, 0.717) is 41.6 Å². The van der Waals surface area contributed by atoms with Gasteiger partial charge in [-0.05, 0) is 77.3 Å². The van der Waals surface area contributed by atoms with Crippen molar-refractivity contribution in [3.63, 3.8) is 0 Å². The summed E-state index contributed by atoms with van der Waals surface area (Å²) in [6.45, 7) is 11.9. The van der Waals surface area contributed by atoms with Crippen molar-refractivity contribution >= 4 is 64.6 Å². The smallest absolute Gasteiger partial charge is 0.415 e. The fraction of sp³-hybridized carbons (Fsp3) is 0.300. The molecule has 16 heteroatoms. The molecule has 0 aliphatic rings. The average Bonchev–Trinajstić information content (AvgIpc) is 3.60. The van der Waals surface area contributed by atoms with E-state index < -0.39 is 31.1 Å². The molecule has 3 aromatic heterocycles. The summed E-state index contributed by atoms with van der Waals surface area (Å²) in [5.74, 6) is 0.729. The lowest BCUT2D eigenvalue weighted by atomic mass is 10.1. The average molecular weight is 689 g/mol. The Morgan fingerprint density at radius 3 is 2.46 bits per heavy atom. The first-order valence-electron chi connectivity index (χ1n) is 14.2. The number of tetrazole rings is 1. The zero-order chi connectivity index (χ0) is 33.4. The molecular weight excluding hydrogens is 657 g/mol. The molecule has 5 rings (SSSR count). The van der Waals surface area contributed by atoms with Crippen molar-refractivity contribution < 1.29 is 22.4 Å². The summed E-state index contributed by atoms with van der Waals surface area (Å²) in [5.41, 5.74) is 6.95. The number of hydrogen-bond donors (Lipinski definition) is 3. The van der Waals surface area contributed by atoms with Gasteiger partial charge in [0.15, 0.2) is 8.32 Å². The highest BCUT2D eigenvalue weighted by atomic mass is 35.5. The number of amides is 2. The monoisotopic (exact) mass is 688 g/mol. The second-order valence-corrected chi connectivity index (χ2v) is 18.4. The number of nitrogens with zero attached hydrogens (tertiary/aromatic N) is 5. The fourth-order valence-corrected chi connectivity index (χ4v) is 6.54. The Bertz CT molecular complexity index is 1910.